The zero-order valence-corrected chi connectivity index (χ0v) is 12.8. The van der Waals surface area contributed by atoms with E-state index in [-0.39, 0.29) is 0 Å². The largest absolute Gasteiger partial charge is 0.381 e. The van der Waals surface area contributed by atoms with E-state index in [1.807, 2.05) is 24.5 Å². The predicted molar refractivity (Wildman–Crippen MR) is 86.0 cm³/mol. The highest BCUT2D eigenvalue weighted by Crippen LogP contribution is 2.31. The first-order valence-electron chi connectivity index (χ1n) is 8.28. The van der Waals surface area contributed by atoms with E-state index < -0.39 is 0 Å². The maximum absolute atomic E-state index is 5.48. The fraction of sp³-hybridized carbons (Fsp3) is 0.611. The molecule has 0 aromatic carbocycles. The molecule has 2 fully saturated rings. The van der Waals surface area contributed by atoms with Gasteiger partial charge in [0.15, 0.2) is 0 Å². The number of hydrogen-bond donors (Lipinski definition) is 0. The molecule has 0 radical (unpaired) electrons. The SMILES string of the molecule is C(=C\c1ccncc1)/CN1CCC(C2CCOCC2)CC1. The minimum absolute atomic E-state index is 0.924. The summed E-state index contributed by atoms with van der Waals surface area (Å²) < 4.78 is 5.48. The molecule has 0 spiro atoms. The lowest BCUT2D eigenvalue weighted by Gasteiger charge is -2.37. The second-order valence-electron chi connectivity index (χ2n) is 6.27. The van der Waals surface area contributed by atoms with Crippen molar-refractivity contribution in [3.8, 4) is 0 Å². The number of piperidine rings is 1. The first-order valence-corrected chi connectivity index (χ1v) is 8.28. The molecule has 0 aliphatic carbocycles. The number of aromatic nitrogens is 1. The van der Waals surface area contributed by atoms with Crippen LogP contribution in [0.3, 0.4) is 0 Å². The third-order valence-corrected chi connectivity index (χ3v) is 4.94. The normalized spacial score (nSPS) is 22.9. The summed E-state index contributed by atoms with van der Waals surface area (Å²) >= 11 is 0. The molecule has 3 nitrogen and oxygen atoms in total. The summed E-state index contributed by atoms with van der Waals surface area (Å²) in [7, 11) is 0. The van der Waals surface area contributed by atoms with Gasteiger partial charge in [-0.2, -0.15) is 0 Å². The van der Waals surface area contributed by atoms with Gasteiger partial charge in [-0.15, -0.1) is 0 Å². The van der Waals surface area contributed by atoms with Crippen LogP contribution in [0.4, 0.5) is 0 Å². The molecule has 114 valence electrons. The lowest BCUT2D eigenvalue weighted by atomic mass is 9.80. The van der Waals surface area contributed by atoms with E-state index in [1.165, 1.54) is 44.3 Å². The maximum Gasteiger partial charge on any atom is 0.0468 e. The molecule has 2 aliphatic heterocycles. The van der Waals surface area contributed by atoms with Crippen LogP contribution < -0.4 is 0 Å². The van der Waals surface area contributed by atoms with E-state index in [0.717, 1.165) is 31.6 Å². The van der Waals surface area contributed by atoms with Crippen LogP contribution >= 0.6 is 0 Å². The quantitative estimate of drug-likeness (QED) is 0.849. The summed E-state index contributed by atoms with van der Waals surface area (Å²) in [5.74, 6) is 1.86. The Morgan fingerprint density at radius 1 is 1.05 bits per heavy atom. The van der Waals surface area contributed by atoms with Crippen LogP contribution in [-0.4, -0.2) is 42.7 Å². The second-order valence-corrected chi connectivity index (χ2v) is 6.27. The van der Waals surface area contributed by atoms with Gasteiger partial charge in [0.05, 0.1) is 0 Å². The van der Waals surface area contributed by atoms with Crippen molar-refractivity contribution in [1.29, 1.82) is 0 Å². The first-order chi connectivity index (χ1) is 10.4. The van der Waals surface area contributed by atoms with Gasteiger partial charge in [-0.3, -0.25) is 9.88 Å². The standard InChI is InChI=1S/C18H26N2O/c1(2-16-3-9-19-10-4-16)11-20-12-5-17(6-13-20)18-7-14-21-15-8-18/h1-4,9-10,17-18H,5-8,11-15H2/b2-1+. The number of ether oxygens (including phenoxy) is 1. The minimum atomic E-state index is 0.924. The van der Waals surface area contributed by atoms with Gasteiger partial charge in [0.1, 0.15) is 0 Å². The lowest BCUT2D eigenvalue weighted by Crippen LogP contribution is -2.37. The molecule has 2 saturated heterocycles. The van der Waals surface area contributed by atoms with Crippen LogP contribution in [0.25, 0.3) is 6.08 Å². The summed E-state index contributed by atoms with van der Waals surface area (Å²) in [4.78, 5) is 6.62. The molecule has 3 heteroatoms. The molecule has 1 aromatic heterocycles. The molecule has 0 saturated carbocycles. The van der Waals surface area contributed by atoms with Crippen LogP contribution in [0.1, 0.15) is 31.2 Å². The van der Waals surface area contributed by atoms with Crippen molar-refractivity contribution in [2.24, 2.45) is 11.8 Å². The summed E-state index contributed by atoms with van der Waals surface area (Å²) in [6, 6.07) is 4.10. The van der Waals surface area contributed by atoms with Gasteiger partial charge < -0.3 is 4.74 Å². The Morgan fingerprint density at radius 3 is 2.43 bits per heavy atom. The van der Waals surface area contributed by atoms with Crippen molar-refractivity contribution in [3.63, 3.8) is 0 Å². The van der Waals surface area contributed by atoms with Gasteiger partial charge in [-0.1, -0.05) is 12.2 Å². The van der Waals surface area contributed by atoms with Crippen molar-refractivity contribution in [3.05, 3.63) is 36.2 Å². The van der Waals surface area contributed by atoms with Gasteiger partial charge in [0, 0.05) is 32.2 Å². The molecule has 2 aliphatic rings. The number of likely N-dealkylation sites (tertiary alicyclic amines) is 1. The van der Waals surface area contributed by atoms with E-state index in [0.29, 0.717) is 0 Å². The number of rotatable bonds is 4. The van der Waals surface area contributed by atoms with Crippen molar-refractivity contribution >= 4 is 6.08 Å². The zero-order chi connectivity index (χ0) is 14.3. The third-order valence-electron chi connectivity index (χ3n) is 4.94. The average molecular weight is 286 g/mol. The van der Waals surface area contributed by atoms with Crippen LogP contribution in [0, 0.1) is 11.8 Å². The van der Waals surface area contributed by atoms with Crippen LogP contribution in [0.5, 0.6) is 0 Å². The van der Waals surface area contributed by atoms with E-state index in [2.05, 4.69) is 22.0 Å². The molecular weight excluding hydrogens is 260 g/mol. The first kappa shape index (κ1) is 14.7. The predicted octanol–water partition coefficient (Wildman–Crippen LogP) is 3.23. The summed E-state index contributed by atoms with van der Waals surface area (Å²) in [6.45, 7) is 5.55. The topological polar surface area (TPSA) is 25.4 Å². The molecule has 0 atom stereocenters. The van der Waals surface area contributed by atoms with Gasteiger partial charge in [-0.25, -0.2) is 0 Å². The molecule has 0 N–H and O–H groups in total. The van der Waals surface area contributed by atoms with Crippen LogP contribution in [0.2, 0.25) is 0 Å². The number of hydrogen-bond acceptors (Lipinski definition) is 3. The third kappa shape index (κ3) is 4.39. The van der Waals surface area contributed by atoms with Gasteiger partial charge >= 0.3 is 0 Å². The van der Waals surface area contributed by atoms with E-state index in [1.54, 1.807) is 0 Å². The Hall–Kier alpha value is -1.19. The summed E-state index contributed by atoms with van der Waals surface area (Å²) in [5.41, 5.74) is 1.24. The molecule has 0 unspecified atom stereocenters. The Balaban J connectivity index is 1.40. The highest BCUT2D eigenvalue weighted by atomic mass is 16.5. The Morgan fingerprint density at radius 2 is 1.71 bits per heavy atom. The maximum atomic E-state index is 5.48. The Bertz CT molecular complexity index is 432. The molecular formula is C18H26N2O. The minimum Gasteiger partial charge on any atom is -0.381 e. The average Bonchev–Trinajstić information content (AvgIpc) is 2.57. The van der Waals surface area contributed by atoms with Gasteiger partial charge in [0.2, 0.25) is 0 Å². The Labute approximate surface area is 128 Å². The summed E-state index contributed by atoms with van der Waals surface area (Å²) in [6.07, 6.45) is 13.5. The van der Waals surface area contributed by atoms with Crippen molar-refractivity contribution in [1.82, 2.24) is 9.88 Å². The highest BCUT2D eigenvalue weighted by molar-refractivity contribution is 5.47. The smallest absolute Gasteiger partial charge is 0.0468 e. The molecule has 1 aromatic rings. The Kier molecular flexibility index (Phi) is 5.41. The van der Waals surface area contributed by atoms with Crippen LogP contribution in [-0.2, 0) is 4.74 Å². The fourth-order valence-electron chi connectivity index (χ4n) is 3.61. The van der Waals surface area contributed by atoms with Crippen molar-refractivity contribution in [2.75, 3.05) is 32.8 Å². The van der Waals surface area contributed by atoms with E-state index in [4.69, 9.17) is 4.74 Å². The number of nitrogens with zero attached hydrogens (tertiary/aromatic N) is 2. The molecule has 3 rings (SSSR count). The van der Waals surface area contributed by atoms with Crippen LogP contribution in [0.15, 0.2) is 30.6 Å². The molecule has 21 heavy (non-hydrogen) atoms. The monoisotopic (exact) mass is 286 g/mol. The highest BCUT2D eigenvalue weighted by Gasteiger charge is 2.27. The number of pyridine rings is 1. The van der Waals surface area contributed by atoms with Crippen molar-refractivity contribution < 1.29 is 4.74 Å². The molecule has 3 heterocycles. The van der Waals surface area contributed by atoms with Crippen molar-refractivity contribution in [2.45, 2.75) is 25.7 Å². The van der Waals surface area contributed by atoms with E-state index in [9.17, 15) is 0 Å². The zero-order valence-electron chi connectivity index (χ0n) is 12.8. The molecule has 0 amide bonds. The van der Waals surface area contributed by atoms with E-state index >= 15 is 0 Å². The second kappa shape index (κ2) is 7.71. The van der Waals surface area contributed by atoms with Gasteiger partial charge in [0.25, 0.3) is 0 Å². The summed E-state index contributed by atoms with van der Waals surface area (Å²) in [5, 5.41) is 0. The lowest BCUT2D eigenvalue weighted by molar-refractivity contribution is 0.0316. The molecule has 0 bridgehead atoms. The fourth-order valence-corrected chi connectivity index (χ4v) is 3.61. The van der Waals surface area contributed by atoms with Gasteiger partial charge in [-0.05, 0) is 68.3 Å².